The van der Waals surface area contributed by atoms with Crippen LogP contribution in [0.4, 0.5) is 10.1 Å². The number of hydrogen-bond donors (Lipinski definition) is 1. The van der Waals surface area contributed by atoms with Crippen molar-refractivity contribution >= 4 is 15.5 Å². The minimum atomic E-state index is -3.50. The molecule has 0 spiro atoms. The number of nitrogens with two attached hydrogens (primary N) is 1. The van der Waals surface area contributed by atoms with Crippen LogP contribution in [0.25, 0.3) is 0 Å². The molecule has 0 aliphatic rings. The molecule has 0 unspecified atom stereocenters. The lowest BCUT2D eigenvalue weighted by atomic mass is 10.3. The molecule has 1 aromatic carbocycles. The highest BCUT2D eigenvalue weighted by Crippen LogP contribution is 2.17. The van der Waals surface area contributed by atoms with Gasteiger partial charge in [0, 0.05) is 6.61 Å². The van der Waals surface area contributed by atoms with E-state index in [-0.39, 0.29) is 22.9 Å². The first-order valence-corrected chi connectivity index (χ1v) is 6.98. The van der Waals surface area contributed by atoms with Gasteiger partial charge in [0.25, 0.3) is 0 Å². The maximum atomic E-state index is 13.1. The van der Waals surface area contributed by atoms with Crippen LogP contribution in [0.2, 0.25) is 0 Å². The van der Waals surface area contributed by atoms with E-state index in [1.54, 1.807) is 0 Å². The molecule has 0 aromatic heterocycles. The fourth-order valence-electron chi connectivity index (χ4n) is 1.23. The molecule has 0 saturated heterocycles. The first-order chi connectivity index (χ1) is 7.97. The first kappa shape index (κ1) is 13.9. The Kier molecular flexibility index (Phi) is 4.89. The van der Waals surface area contributed by atoms with Gasteiger partial charge in [-0.25, -0.2) is 12.8 Å². The minimum Gasteiger partial charge on any atom is -0.396 e. The standard InChI is InChI=1S/C11H16FNO3S/c1-2-5-16-6-7-17(14,15)9-3-4-11(13)10(12)8-9/h3-4,8H,2,5-7,13H2,1H3. The van der Waals surface area contributed by atoms with Crippen molar-refractivity contribution in [3.8, 4) is 0 Å². The summed E-state index contributed by atoms with van der Waals surface area (Å²) < 4.78 is 41.8. The van der Waals surface area contributed by atoms with Crippen LogP contribution < -0.4 is 5.73 Å². The summed E-state index contributed by atoms with van der Waals surface area (Å²) in [6.45, 7) is 2.57. The van der Waals surface area contributed by atoms with Crippen LogP contribution in [-0.2, 0) is 14.6 Å². The van der Waals surface area contributed by atoms with E-state index < -0.39 is 15.7 Å². The monoisotopic (exact) mass is 261 g/mol. The highest BCUT2D eigenvalue weighted by atomic mass is 32.2. The van der Waals surface area contributed by atoms with Gasteiger partial charge in [-0.05, 0) is 24.6 Å². The number of halogens is 1. The number of anilines is 1. The van der Waals surface area contributed by atoms with E-state index in [0.717, 1.165) is 12.5 Å². The van der Waals surface area contributed by atoms with E-state index in [2.05, 4.69) is 0 Å². The van der Waals surface area contributed by atoms with Crippen LogP contribution in [-0.4, -0.2) is 27.4 Å². The van der Waals surface area contributed by atoms with Crippen molar-refractivity contribution in [3.05, 3.63) is 24.0 Å². The highest BCUT2D eigenvalue weighted by molar-refractivity contribution is 7.91. The van der Waals surface area contributed by atoms with E-state index >= 15 is 0 Å². The van der Waals surface area contributed by atoms with Gasteiger partial charge in [-0.3, -0.25) is 0 Å². The molecule has 0 aliphatic carbocycles. The molecule has 0 radical (unpaired) electrons. The predicted octanol–water partition coefficient (Wildman–Crippen LogP) is 1.61. The summed E-state index contributed by atoms with van der Waals surface area (Å²) in [7, 11) is -3.50. The second-order valence-corrected chi connectivity index (χ2v) is 5.72. The maximum Gasteiger partial charge on any atom is 0.180 e. The molecule has 96 valence electrons. The number of rotatable bonds is 6. The Morgan fingerprint density at radius 1 is 1.35 bits per heavy atom. The van der Waals surface area contributed by atoms with Gasteiger partial charge >= 0.3 is 0 Å². The van der Waals surface area contributed by atoms with Crippen LogP contribution >= 0.6 is 0 Å². The maximum absolute atomic E-state index is 13.1. The molecule has 6 heteroatoms. The molecule has 1 rings (SSSR count). The molecule has 1 aromatic rings. The number of nitrogen functional groups attached to an aromatic ring is 1. The van der Waals surface area contributed by atoms with Gasteiger partial charge < -0.3 is 10.5 Å². The number of ether oxygens (including phenoxy) is 1. The second kappa shape index (κ2) is 5.97. The van der Waals surface area contributed by atoms with Gasteiger partial charge in [0.1, 0.15) is 5.82 Å². The zero-order valence-electron chi connectivity index (χ0n) is 9.65. The lowest BCUT2D eigenvalue weighted by Crippen LogP contribution is -2.13. The molecule has 0 saturated carbocycles. The smallest absolute Gasteiger partial charge is 0.180 e. The summed E-state index contributed by atoms with van der Waals surface area (Å²) in [5.41, 5.74) is 5.21. The van der Waals surface area contributed by atoms with Crippen LogP contribution in [0.15, 0.2) is 23.1 Å². The zero-order chi connectivity index (χ0) is 12.9. The largest absolute Gasteiger partial charge is 0.396 e. The zero-order valence-corrected chi connectivity index (χ0v) is 10.5. The Morgan fingerprint density at radius 3 is 2.65 bits per heavy atom. The van der Waals surface area contributed by atoms with Gasteiger partial charge in [0.05, 0.1) is 22.9 Å². The van der Waals surface area contributed by atoms with Gasteiger partial charge in [0.2, 0.25) is 0 Å². The number of hydrogen-bond acceptors (Lipinski definition) is 4. The first-order valence-electron chi connectivity index (χ1n) is 5.33. The second-order valence-electron chi connectivity index (χ2n) is 3.61. The summed E-state index contributed by atoms with van der Waals surface area (Å²) in [6.07, 6.45) is 0.830. The molecule has 0 fully saturated rings. The Hall–Kier alpha value is -1.14. The summed E-state index contributed by atoms with van der Waals surface area (Å²) in [6, 6.07) is 3.48. The van der Waals surface area contributed by atoms with Crippen molar-refractivity contribution in [2.45, 2.75) is 18.2 Å². The summed E-state index contributed by atoms with van der Waals surface area (Å²) in [4.78, 5) is -0.0655. The van der Waals surface area contributed by atoms with E-state index in [1.807, 2.05) is 6.92 Å². The third-order valence-electron chi connectivity index (χ3n) is 2.18. The summed E-state index contributed by atoms with van der Waals surface area (Å²) in [5, 5.41) is 0. The van der Waals surface area contributed by atoms with Crippen molar-refractivity contribution in [2.75, 3.05) is 24.7 Å². The molecular formula is C11H16FNO3S. The fraction of sp³-hybridized carbons (Fsp3) is 0.455. The van der Waals surface area contributed by atoms with E-state index in [9.17, 15) is 12.8 Å². The number of sulfone groups is 1. The lowest BCUT2D eigenvalue weighted by molar-refractivity contribution is 0.149. The molecule has 17 heavy (non-hydrogen) atoms. The van der Waals surface area contributed by atoms with Gasteiger partial charge in [-0.2, -0.15) is 0 Å². The van der Waals surface area contributed by atoms with Crippen molar-refractivity contribution in [1.29, 1.82) is 0 Å². The van der Waals surface area contributed by atoms with Gasteiger partial charge in [-0.1, -0.05) is 6.92 Å². The predicted molar refractivity (Wildman–Crippen MR) is 64.0 cm³/mol. The van der Waals surface area contributed by atoms with Crippen molar-refractivity contribution in [3.63, 3.8) is 0 Å². The van der Waals surface area contributed by atoms with E-state index in [0.29, 0.717) is 6.61 Å². The normalized spacial score (nSPS) is 11.6. The quantitative estimate of drug-likeness (QED) is 0.624. The highest BCUT2D eigenvalue weighted by Gasteiger charge is 2.15. The average Bonchev–Trinajstić information content (AvgIpc) is 2.28. The molecular weight excluding hydrogens is 245 g/mol. The fourth-order valence-corrected chi connectivity index (χ4v) is 2.37. The Bertz CT molecular complexity index is 474. The molecule has 0 bridgehead atoms. The Balaban J connectivity index is 2.72. The molecule has 2 N–H and O–H groups in total. The lowest BCUT2D eigenvalue weighted by Gasteiger charge is -2.06. The Morgan fingerprint density at radius 2 is 2.06 bits per heavy atom. The molecule has 0 aliphatic heterocycles. The van der Waals surface area contributed by atoms with Crippen molar-refractivity contribution < 1.29 is 17.5 Å². The van der Waals surface area contributed by atoms with Crippen LogP contribution in [0.5, 0.6) is 0 Å². The third kappa shape index (κ3) is 3.98. The minimum absolute atomic E-state index is 0.0637. The molecule has 0 atom stereocenters. The SMILES string of the molecule is CCCOCCS(=O)(=O)c1ccc(N)c(F)c1. The topological polar surface area (TPSA) is 69.4 Å². The third-order valence-corrected chi connectivity index (χ3v) is 3.85. The van der Waals surface area contributed by atoms with Crippen LogP contribution in [0, 0.1) is 5.82 Å². The molecule has 4 nitrogen and oxygen atoms in total. The molecule has 0 amide bonds. The van der Waals surface area contributed by atoms with Crippen molar-refractivity contribution in [1.82, 2.24) is 0 Å². The van der Waals surface area contributed by atoms with Crippen molar-refractivity contribution in [2.24, 2.45) is 0 Å². The average molecular weight is 261 g/mol. The Labute approximate surface area is 101 Å². The van der Waals surface area contributed by atoms with E-state index in [1.165, 1.54) is 12.1 Å². The van der Waals surface area contributed by atoms with Crippen LogP contribution in [0.1, 0.15) is 13.3 Å². The summed E-state index contributed by atoms with van der Waals surface area (Å²) in [5.74, 6) is -0.878. The van der Waals surface area contributed by atoms with E-state index in [4.69, 9.17) is 10.5 Å². The van der Waals surface area contributed by atoms with Gasteiger partial charge in [0.15, 0.2) is 9.84 Å². The molecule has 0 heterocycles. The summed E-state index contributed by atoms with van der Waals surface area (Å²) >= 11 is 0. The van der Waals surface area contributed by atoms with Crippen LogP contribution in [0.3, 0.4) is 0 Å². The van der Waals surface area contributed by atoms with Gasteiger partial charge in [-0.15, -0.1) is 0 Å². The number of benzene rings is 1.